The Morgan fingerprint density at radius 3 is 2.66 bits per heavy atom. The Balaban J connectivity index is 1.16. The van der Waals surface area contributed by atoms with Gasteiger partial charge in [-0.1, -0.05) is 13.0 Å². The van der Waals surface area contributed by atoms with Crippen molar-refractivity contribution in [2.45, 2.75) is 13.3 Å². The number of aromatic nitrogens is 6. The van der Waals surface area contributed by atoms with E-state index in [4.69, 9.17) is 4.74 Å². The Morgan fingerprint density at radius 1 is 0.976 bits per heavy atom. The van der Waals surface area contributed by atoms with Crippen LogP contribution in [-0.4, -0.2) is 35.6 Å². The van der Waals surface area contributed by atoms with Crippen molar-refractivity contribution in [3.63, 3.8) is 0 Å². The van der Waals surface area contributed by atoms with Crippen molar-refractivity contribution < 1.29 is 13.9 Å². The van der Waals surface area contributed by atoms with Gasteiger partial charge >= 0.3 is 6.03 Å². The quantitative estimate of drug-likeness (QED) is 0.240. The van der Waals surface area contributed by atoms with E-state index in [1.54, 1.807) is 52.2 Å². The summed E-state index contributed by atoms with van der Waals surface area (Å²) in [5.74, 6) is 0.559. The van der Waals surface area contributed by atoms with E-state index >= 15 is 0 Å². The number of fused-ring (bicyclic) bond motifs is 1. The van der Waals surface area contributed by atoms with Crippen LogP contribution in [0.15, 0.2) is 91.5 Å². The van der Waals surface area contributed by atoms with Crippen LogP contribution in [-0.2, 0) is 13.5 Å². The second kappa shape index (κ2) is 10.9. The number of pyridine rings is 2. The van der Waals surface area contributed by atoms with Gasteiger partial charge in [-0.2, -0.15) is 10.2 Å². The molecule has 0 fully saturated rings. The van der Waals surface area contributed by atoms with Gasteiger partial charge in [-0.3, -0.25) is 20.0 Å². The fraction of sp³-hybridized carbons (Fsp3) is 0.100. The van der Waals surface area contributed by atoms with Gasteiger partial charge in [0.25, 0.3) is 0 Å². The Bertz CT molecular complexity index is 1880. The fourth-order valence-corrected chi connectivity index (χ4v) is 4.34. The minimum absolute atomic E-state index is 0.000753. The Morgan fingerprint density at radius 2 is 1.85 bits per heavy atom. The third-order valence-corrected chi connectivity index (χ3v) is 6.35. The highest BCUT2D eigenvalue weighted by Gasteiger charge is 2.15. The lowest BCUT2D eigenvalue weighted by Crippen LogP contribution is -2.22. The molecule has 0 aliphatic rings. The van der Waals surface area contributed by atoms with E-state index in [9.17, 15) is 9.18 Å². The highest BCUT2D eigenvalue weighted by Crippen LogP contribution is 2.28. The number of aryl methyl sites for hydroxylation is 2. The van der Waals surface area contributed by atoms with Crippen molar-refractivity contribution in [3.8, 4) is 28.4 Å². The van der Waals surface area contributed by atoms with Gasteiger partial charge in [0, 0.05) is 54.8 Å². The average molecular weight is 549 g/mol. The molecule has 6 rings (SSSR count). The molecule has 11 heteroatoms. The van der Waals surface area contributed by atoms with Gasteiger partial charge < -0.3 is 10.1 Å². The molecule has 41 heavy (non-hydrogen) atoms. The molecule has 0 unspecified atom stereocenters. The van der Waals surface area contributed by atoms with Crippen LogP contribution < -0.4 is 15.4 Å². The number of rotatable bonds is 7. The van der Waals surface area contributed by atoms with Crippen molar-refractivity contribution in [2.24, 2.45) is 7.05 Å². The van der Waals surface area contributed by atoms with Crippen LogP contribution in [0.4, 0.5) is 20.7 Å². The van der Waals surface area contributed by atoms with Gasteiger partial charge in [-0.25, -0.2) is 13.9 Å². The third kappa shape index (κ3) is 5.59. The first-order valence-electron chi connectivity index (χ1n) is 12.9. The van der Waals surface area contributed by atoms with Crippen molar-refractivity contribution in [2.75, 3.05) is 10.6 Å². The van der Waals surface area contributed by atoms with Crippen LogP contribution >= 0.6 is 0 Å². The molecular formula is C30H25FN8O2. The van der Waals surface area contributed by atoms with E-state index in [1.165, 1.54) is 12.1 Å². The number of urea groups is 1. The zero-order chi connectivity index (χ0) is 28.3. The molecule has 2 aromatic carbocycles. The maximum atomic E-state index is 15.0. The summed E-state index contributed by atoms with van der Waals surface area (Å²) in [6.45, 7) is 1.98. The topological polar surface area (TPSA) is 112 Å². The van der Waals surface area contributed by atoms with Gasteiger partial charge in [0.05, 0.1) is 34.5 Å². The van der Waals surface area contributed by atoms with Crippen molar-refractivity contribution in [1.82, 2.24) is 29.5 Å². The van der Waals surface area contributed by atoms with Crippen LogP contribution in [0, 0.1) is 5.82 Å². The van der Waals surface area contributed by atoms with E-state index in [-0.39, 0.29) is 11.4 Å². The molecule has 0 aliphatic carbocycles. The smallest absolute Gasteiger partial charge is 0.324 e. The number of halogens is 1. The molecule has 0 saturated heterocycles. The zero-order valence-electron chi connectivity index (χ0n) is 22.2. The lowest BCUT2D eigenvalue weighted by molar-refractivity contribution is 0.262. The summed E-state index contributed by atoms with van der Waals surface area (Å²) < 4.78 is 24.1. The number of ether oxygens (including phenoxy) is 1. The molecule has 0 aliphatic heterocycles. The first-order chi connectivity index (χ1) is 19.9. The number of carbonyl (C=O) groups excluding carboxylic acids is 1. The maximum absolute atomic E-state index is 15.0. The van der Waals surface area contributed by atoms with Crippen LogP contribution in [0.25, 0.3) is 27.8 Å². The molecule has 204 valence electrons. The number of anilines is 2. The Labute approximate surface area is 234 Å². The van der Waals surface area contributed by atoms with Gasteiger partial charge in [-0.15, -0.1) is 0 Å². The number of hydrogen-bond acceptors (Lipinski definition) is 6. The number of carbonyl (C=O) groups is 1. The van der Waals surface area contributed by atoms with E-state index in [2.05, 4.69) is 30.8 Å². The van der Waals surface area contributed by atoms with E-state index in [0.717, 1.165) is 27.8 Å². The van der Waals surface area contributed by atoms with Crippen LogP contribution in [0.5, 0.6) is 11.5 Å². The molecule has 6 aromatic rings. The number of benzene rings is 2. The molecule has 4 heterocycles. The Kier molecular flexibility index (Phi) is 6.82. The van der Waals surface area contributed by atoms with Gasteiger partial charge in [0.15, 0.2) is 0 Å². The second-order valence-corrected chi connectivity index (χ2v) is 9.27. The van der Waals surface area contributed by atoms with Gasteiger partial charge in [0.1, 0.15) is 23.1 Å². The van der Waals surface area contributed by atoms with Crippen molar-refractivity contribution in [3.05, 3.63) is 103 Å². The summed E-state index contributed by atoms with van der Waals surface area (Å²) in [5.41, 5.74) is 3.92. The van der Waals surface area contributed by atoms with Crippen LogP contribution in [0.2, 0.25) is 0 Å². The predicted molar refractivity (Wildman–Crippen MR) is 154 cm³/mol. The molecular weight excluding hydrogens is 523 g/mol. The van der Waals surface area contributed by atoms with E-state index < -0.39 is 11.8 Å². The summed E-state index contributed by atoms with van der Waals surface area (Å²) in [4.78, 5) is 21.6. The third-order valence-electron chi connectivity index (χ3n) is 6.35. The zero-order valence-corrected chi connectivity index (χ0v) is 22.2. The first kappa shape index (κ1) is 25.7. The molecule has 2 amide bonds. The summed E-state index contributed by atoms with van der Waals surface area (Å²) in [7, 11) is 1.82. The van der Waals surface area contributed by atoms with Crippen LogP contribution in [0.3, 0.4) is 0 Å². The van der Waals surface area contributed by atoms with Gasteiger partial charge in [0.2, 0.25) is 0 Å². The number of nitrogens with one attached hydrogen (secondary N) is 2. The molecule has 0 radical (unpaired) electrons. The highest BCUT2D eigenvalue weighted by atomic mass is 19.1. The van der Waals surface area contributed by atoms with Crippen molar-refractivity contribution >= 4 is 28.4 Å². The van der Waals surface area contributed by atoms with E-state index in [0.29, 0.717) is 23.7 Å². The van der Waals surface area contributed by atoms with Crippen molar-refractivity contribution in [1.29, 1.82) is 0 Å². The molecule has 4 aromatic heterocycles. The summed E-state index contributed by atoms with van der Waals surface area (Å²) in [6, 6.07) is 18.4. The summed E-state index contributed by atoms with van der Waals surface area (Å²) in [5, 5.41) is 15.1. The molecule has 0 atom stereocenters. The largest absolute Gasteiger partial charge is 0.457 e. The number of amides is 2. The normalized spacial score (nSPS) is 11.0. The predicted octanol–water partition coefficient (Wildman–Crippen LogP) is 6.35. The Hall–Kier alpha value is -5.58. The molecule has 10 nitrogen and oxygen atoms in total. The van der Waals surface area contributed by atoms with Gasteiger partial charge in [-0.05, 0) is 48.9 Å². The molecule has 0 saturated carbocycles. The monoisotopic (exact) mass is 548 g/mol. The standard InChI is InChI=1S/C30H25FN8O2/c1-3-21-14-29(39(37-21)22-6-8-26-19(13-22)5-4-11-32-26)36-30(40)35-27-9-7-23(15-25(27)31)41-24-10-12-33-28(16-24)20-17-34-38(2)18-20/h4-18H,3H2,1-2H3,(H2,35,36,40). The first-order valence-corrected chi connectivity index (χ1v) is 12.9. The number of hydrogen-bond donors (Lipinski definition) is 2. The summed E-state index contributed by atoms with van der Waals surface area (Å²) >= 11 is 0. The molecule has 0 spiro atoms. The molecule has 2 N–H and O–H groups in total. The highest BCUT2D eigenvalue weighted by molar-refractivity contribution is 5.99. The van der Waals surface area contributed by atoms with E-state index in [1.807, 2.05) is 50.5 Å². The average Bonchev–Trinajstić information content (AvgIpc) is 3.60. The maximum Gasteiger partial charge on any atom is 0.324 e. The lowest BCUT2D eigenvalue weighted by Gasteiger charge is -2.12. The van der Waals surface area contributed by atoms with Crippen LogP contribution in [0.1, 0.15) is 12.6 Å². The fourth-order valence-electron chi connectivity index (χ4n) is 4.34. The minimum atomic E-state index is -0.649. The molecule has 0 bridgehead atoms. The number of nitrogens with zero attached hydrogens (tertiary/aromatic N) is 6. The SMILES string of the molecule is CCc1cc(NC(=O)Nc2ccc(Oc3ccnc(-c4cnn(C)c4)c3)cc2F)n(-c2ccc3ncccc3c2)n1. The lowest BCUT2D eigenvalue weighted by atomic mass is 10.2. The second-order valence-electron chi connectivity index (χ2n) is 9.27. The summed E-state index contributed by atoms with van der Waals surface area (Å²) in [6.07, 6.45) is 7.56. The minimum Gasteiger partial charge on any atom is -0.457 e.